The summed E-state index contributed by atoms with van der Waals surface area (Å²) in [5.41, 5.74) is 1.60. The average Bonchev–Trinajstić information content (AvgIpc) is 2.95. The van der Waals surface area contributed by atoms with Gasteiger partial charge in [-0.15, -0.1) is 0 Å². The second-order valence-corrected chi connectivity index (χ2v) is 10.3. The van der Waals surface area contributed by atoms with E-state index >= 15 is 0 Å². The molecule has 45 heavy (non-hydrogen) atoms. The van der Waals surface area contributed by atoms with Crippen LogP contribution in [0.5, 0.6) is 0 Å². The Hall–Kier alpha value is -4.41. The summed E-state index contributed by atoms with van der Waals surface area (Å²) in [7, 11) is 0. The molecule has 0 bridgehead atoms. The highest BCUT2D eigenvalue weighted by molar-refractivity contribution is 5.73. The van der Waals surface area contributed by atoms with Gasteiger partial charge in [0.1, 0.15) is 0 Å². The number of carbonyl (C=O) groups is 5. The van der Waals surface area contributed by atoms with Crippen LogP contribution in [0.2, 0.25) is 0 Å². The molecule has 0 aliphatic rings. The summed E-state index contributed by atoms with van der Waals surface area (Å²) in [4.78, 5) is 62.1. The zero-order valence-corrected chi connectivity index (χ0v) is 24.6. The van der Waals surface area contributed by atoms with Crippen molar-refractivity contribution in [2.24, 2.45) is 0 Å². The Morgan fingerprint density at radius 2 is 0.822 bits per heavy atom. The van der Waals surface area contributed by atoms with Crippen molar-refractivity contribution < 1.29 is 59.0 Å². The summed E-state index contributed by atoms with van der Waals surface area (Å²) in [5, 5.41) is 47.7. The Bertz CT molecular complexity index is 1110. The van der Waals surface area contributed by atoms with Crippen molar-refractivity contribution in [2.45, 2.75) is 25.3 Å². The van der Waals surface area contributed by atoms with Crippen LogP contribution in [0.4, 0.5) is 0 Å². The molecule has 2 unspecified atom stereocenters. The highest BCUT2D eigenvalue weighted by Crippen LogP contribution is 2.12. The lowest BCUT2D eigenvalue weighted by molar-refractivity contribution is -0.145. The Kier molecular flexibility index (Phi) is 16.2. The first kappa shape index (κ1) is 36.8. The maximum absolute atomic E-state index is 11.9. The van der Waals surface area contributed by atoms with Crippen LogP contribution in [0, 0.1) is 0 Å². The molecule has 0 heterocycles. The number of rotatable bonds is 24. The van der Waals surface area contributed by atoms with Crippen molar-refractivity contribution in [1.82, 2.24) is 14.7 Å². The summed E-state index contributed by atoms with van der Waals surface area (Å²) in [6.07, 6.45) is 0. The molecule has 0 amide bonds. The minimum Gasteiger partial charge on any atom is -0.480 e. The SMILES string of the molecule is O=C(O)CN(CC(COCc1ccccc1)N(CC(=O)O)CC(=O)O)CC(COCc1ccccc1)N(CC(=O)O)CC(=O)O. The number of nitrogens with zero attached hydrogens (tertiary/aromatic N) is 3. The van der Waals surface area contributed by atoms with Crippen molar-refractivity contribution in [3.63, 3.8) is 0 Å². The van der Waals surface area contributed by atoms with Crippen molar-refractivity contribution in [3.8, 4) is 0 Å². The predicted octanol–water partition coefficient (Wildman–Crippen LogP) is 0.486. The molecule has 2 atom stereocenters. The molecule has 0 fully saturated rings. The molecule has 15 heteroatoms. The smallest absolute Gasteiger partial charge is 0.317 e. The van der Waals surface area contributed by atoms with Crippen LogP contribution in [0.25, 0.3) is 0 Å². The van der Waals surface area contributed by atoms with Crippen molar-refractivity contribution >= 4 is 29.8 Å². The van der Waals surface area contributed by atoms with E-state index in [4.69, 9.17) is 9.47 Å². The predicted molar refractivity (Wildman–Crippen MR) is 158 cm³/mol. The molecular weight excluding hydrogens is 594 g/mol. The summed E-state index contributed by atoms with van der Waals surface area (Å²) < 4.78 is 11.6. The largest absolute Gasteiger partial charge is 0.480 e. The molecule has 15 nitrogen and oxygen atoms in total. The van der Waals surface area contributed by atoms with E-state index in [0.717, 1.165) is 20.9 Å². The Labute approximate surface area is 259 Å². The quantitative estimate of drug-likeness (QED) is 0.106. The van der Waals surface area contributed by atoms with Crippen LogP contribution in [0.3, 0.4) is 0 Å². The normalized spacial score (nSPS) is 12.7. The molecule has 0 radical (unpaired) electrons. The first-order valence-corrected chi connectivity index (χ1v) is 14.0. The standard InChI is InChI=1S/C30H39N3O12/c34-26(35)13-31(11-24(32(14-27(36)37)15-28(38)39)20-44-18-22-7-3-1-4-8-22)12-25(33(16-29(40)41)17-30(42)43)21-45-19-23-9-5-2-6-10-23/h1-10,24-25H,11-21H2,(H,34,35)(H,36,37)(H,38,39)(H,40,41)(H,42,43). The maximum atomic E-state index is 11.9. The van der Waals surface area contributed by atoms with E-state index in [0.29, 0.717) is 0 Å². The van der Waals surface area contributed by atoms with Crippen molar-refractivity contribution in [3.05, 3.63) is 71.8 Å². The van der Waals surface area contributed by atoms with Gasteiger partial charge in [-0.2, -0.15) is 0 Å². The van der Waals surface area contributed by atoms with Gasteiger partial charge in [-0.05, 0) is 11.1 Å². The van der Waals surface area contributed by atoms with Gasteiger partial charge >= 0.3 is 29.8 Å². The molecule has 0 aromatic heterocycles. The molecule has 0 saturated carbocycles. The first-order valence-electron chi connectivity index (χ1n) is 14.0. The highest BCUT2D eigenvalue weighted by Gasteiger charge is 2.31. The topological polar surface area (TPSA) is 215 Å². The number of ether oxygens (including phenoxy) is 2. The zero-order chi connectivity index (χ0) is 33.2. The molecule has 0 aliphatic carbocycles. The third-order valence-electron chi connectivity index (χ3n) is 6.53. The van der Waals surface area contributed by atoms with E-state index < -0.39 is 74.7 Å². The minimum atomic E-state index is -1.31. The second kappa shape index (κ2) is 19.8. The lowest BCUT2D eigenvalue weighted by atomic mass is 10.1. The Morgan fingerprint density at radius 3 is 1.11 bits per heavy atom. The summed E-state index contributed by atoms with van der Waals surface area (Å²) in [5.74, 6) is -6.51. The van der Waals surface area contributed by atoms with Gasteiger partial charge in [-0.25, -0.2) is 0 Å². The zero-order valence-electron chi connectivity index (χ0n) is 24.6. The van der Waals surface area contributed by atoms with E-state index in [1.165, 1.54) is 4.90 Å². The third-order valence-corrected chi connectivity index (χ3v) is 6.53. The van der Waals surface area contributed by atoms with Crippen molar-refractivity contribution in [1.29, 1.82) is 0 Å². The molecule has 5 N–H and O–H groups in total. The van der Waals surface area contributed by atoms with Crippen LogP contribution in [-0.4, -0.2) is 141 Å². The van der Waals surface area contributed by atoms with Crippen LogP contribution in [-0.2, 0) is 46.7 Å². The highest BCUT2D eigenvalue weighted by atomic mass is 16.5. The minimum absolute atomic E-state index is 0.116. The monoisotopic (exact) mass is 633 g/mol. The van der Waals surface area contributed by atoms with Gasteiger partial charge in [0.25, 0.3) is 0 Å². The molecule has 0 saturated heterocycles. The van der Waals surface area contributed by atoms with Gasteiger partial charge in [0.15, 0.2) is 0 Å². The maximum Gasteiger partial charge on any atom is 0.317 e. The summed E-state index contributed by atoms with van der Waals surface area (Å²) >= 11 is 0. The van der Waals surface area contributed by atoms with Crippen LogP contribution < -0.4 is 0 Å². The Balaban J connectivity index is 2.36. The van der Waals surface area contributed by atoms with Gasteiger partial charge < -0.3 is 35.0 Å². The fourth-order valence-corrected chi connectivity index (χ4v) is 4.64. The van der Waals surface area contributed by atoms with Gasteiger partial charge in [-0.3, -0.25) is 38.7 Å². The van der Waals surface area contributed by atoms with Crippen molar-refractivity contribution in [2.75, 3.05) is 59.0 Å². The van der Waals surface area contributed by atoms with Gasteiger partial charge in [0, 0.05) is 25.2 Å². The molecule has 2 aromatic carbocycles. The third kappa shape index (κ3) is 15.8. The lowest BCUT2D eigenvalue weighted by Crippen LogP contribution is -2.55. The molecular formula is C30H39N3O12. The Morgan fingerprint density at radius 1 is 0.511 bits per heavy atom. The average molecular weight is 634 g/mol. The van der Waals surface area contributed by atoms with E-state index in [1.807, 2.05) is 12.1 Å². The summed E-state index contributed by atoms with van der Waals surface area (Å²) in [6.45, 7) is -3.84. The van der Waals surface area contributed by atoms with E-state index in [2.05, 4.69) is 0 Å². The molecule has 2 rings (SSSR count). The van der Waals surface area contributed by atoms with Crippen LogP contribution in [0.1, 0.15) is 11.1 Å². The van der Waals surface area contributed by atoms with E-state index in [-0.39, 0.29) is 39.5 Å². The van der Waals surface area contributed by atoms with E-state index in [1.54, 1.807) is 48.5 Å². The molecule has 2 aromatic rings. The molecule has 0 spiro atoms. The fraction of sp³-hybridized carbons (Fsp3) is 0.433. The molecule has 246 valence electrons. The van der Waals surface area contributed by atoms with Crippen LogP contribution >= 0.6 is 0 Å². The number of hydrogen-bond donors (Lipinski definition) is 5. The van der Waals surface area contributed by atoms with Gasteiger partial charge in [-0.1, -0.05) is 60.7 Å². The number of carboxylic acid groups (broad SMARTS) is 5. The number of benzene rings is 2. The number of carboxylic acids is 5. The van der Waals surface area contributed by atoms with Crippen LogP contribution in [0.15, 0.2) is 60.7 Å². The first-order chi connectivity index (χ1) is 21.4. The van der Waals surface area contributed by atoms with Gasteiger partial charge in [0.2, 0.25) is 0 Å². The molecule has 0 aliphatic heterocycles. The van der Waals surface area contributed by atoms with Gasteiger partial charge in [0.05, 0.1) is 59.2 Å². The fourth-order valence-electron chi connectivity index (χ4n) is 4.64. The lowest BCUT2D eigenvalue weighted by Gasteiger charge is -2.37. The second-order valence-electron chi connectivity index (χ2n) is 10.3. The number of aliphatic carboxylic acids is 5. The number of hydrogen-bond acceptors (Lipinski definition) is 10. The van der Waals surface area contributed by atoms with E-state index in [9.17, 15) is 49.5 Å². The summed E-state index contributed by atoms with van der Waals surface area (Å²) in [6, 6.07) is 16.2.